The third kappa shape index (κ3) is 4.66. The van der Waals surface area contributed by atoms with Gasteiger partial charge in [0.15, 0.2) is 14.6 Å². The molecule has 0 aliphatic rings. The summed E-state index contributed by atoms with van der Waals surface area (Å²) >= 11 is 7.55. The molecular weight excluding hydrogens is 404 g/mol. The molecule has 142 valence electrons. The molecule has 0 radical (unpaired) electrons. The largest absolute Gasteiger partial charge is 0.319 e. The monoisotopic (exact) mass is 422 g/mol. The first kappa shape index (κ1) is 19.8. The van der Waals surface area contributed by atoms with Crippen LogP contribution in [-0.4, -0.2) is 24.6 Å². The highest BCUT2D eigenvalue weighted by atomic mass is 35.5. The van der Waals surface area contributed by atoms with Gasteiger partial charge in [0.1, 0.15) is 0 Å². The van der Waals surface area contributed by atoms with Gasteiger partial charge >= 0.3 is 0 Å². The van der Waals surface area contributed by atoms with Crippen LogP contribution in [-0.2, 0) is 27.4 Å². The Balaban J connectivity index is 1.76. The minimum atomic E-state index is -3.37. The number of hydrogen-bond donors (Lipinski definition) is 0. The Hall–Kier alpha value is -1.96. The molecule has 1 heterocycles. The normalized spacial score (nSPS) is 12.6. The van der Waals surface area contributed by atoms with E-state index in [9.17, 15) is 13.2 Å². The van der Waals surface area contributed by atoms with E-state index in [1.807, 2.05) is 36.7 Å². The maximum Gasteiger partial charge on any atom is 0.249 e. The summed E-state index contributed by atoms with van der Waals surface area (Å²) in [5.74, 6) is -0.739. The van der Waals surface area contributed by atoms with E-state index < -0.39 is 15.7 Å². The summed E-state index contributed by atoms with van der Waals surface area (Å²) in [6.45, 7) is 1.92. The first-order valence-corrected chi connectivity index (χ1v) is 11.3. The van der Waals surface area contributed by atoms with Crippen molar-refractivity contribution in [3.8, 4) is 0 Å². The van der Waals surface area contributed by atoms with Gasteiger partial charge < -0.3 is 4.57 Å². The zero-order valence-corrected chi connectivity index (χ0v) is 17.4. The van der Waals surface area contributed by atoms with Gasteiger partial charge in [-0.05, 0) is 30.2 Å². The second-order valence-corrected chi connectivity index (χ2v) is 9.90. The van der Waals surface area contributed by atoms with Crippen molar-refractivity contribution in [3.05, 3.63) is 63.4 Å². The third-order valence-electron chi connectivity index (χ3n) is 4.23. The predicted molar refractivity (Wildman–Crippen MR) is 110 cm³/mol. The Morgan fingerprint density at radius 3 is 2.59 bits per heavy atom. The van der Waals surface area contributed by atoms with E-state index in [1.165, 1.54) is 11.3 Å². The van der Waals surface area contributed by atoms with Crippen molar-refractivity contribution in [3.63, 3.8) is 0 Å². The van der Waals surface area contributed by atoms with Crippen LogP contribution in [0, 0.1) is 6.92 Å². The molecule has 0 saturated heterocycles. The van der Waals surface area contributed by atoms with Gasteiger partial charge in [0.25, 0.3) is 0 Å². The minimum absolute atomic E-state index is 0.0739. The van der Waals surface area contributed by atoms with Crippen molar-refractivity contribution >= 4 is 48.9 Å². The quantitative estimate of drug-likeness (QED) is 0.630. The predicted octanol–water partition coefficient (Wildman–Crippen LogP) is 3.63. The van der Waals surface area contributed by atoms with Crippen LogP contribution in [0.4, 0.5) is 0 Å². The number of aryl methyl sites for hydroxylation is 2. The number of hydrogen-bond acceptors (Lipinski definition) is 4. The Kier molecular flexibility index (Phi) is 5.83. The molecule has 0 saturated carbocycles. The van der Waals surface area contributed by atoms with Gasteiger partial charge in [-0.3, -0.25) is 4.79 Å². The first-order chi connectivity index (χ1) is 12.8. The summed E-state index contributed by atoms with van der Waals surface area (Å²) in [6.07, 6.45) is -0.136. The molecule has 1 aromatic heterocycles. The Bertz CT molecular complexity index is 1160. The molecule has 27 heavy (non-hydrogen) atoms. The number of nitrogens with zero attached hydrogens (tertiary/aromatic N) is 2. The van der Waals surface area contributed by atoms with Crippen molar-refractivity contribution in [2.24, 2.45) is 12.0 Å². The maximum absolute atomic E-state index is 12.2. The number of halogens is 1. The van der Waals surface area contributed by atoms with Crippen molar-refractivity contribution in [2.75, 3.05) is 5.75 Å². The molecule has 3 aromatic rings. The molecule has 0 unspecified atom stereocenters. The number of benzene rings is 2. The molecule has 0 aliphatic carbocycles. The topological polar surface area (TPSA) is 68.5 Å². The van der Waals surface area contributed by atoms with E-state index >= 15 is 0 Å². The van der Waals surface area contributed by atoms with Crippen LogP contribution >= 0.6 is 22.9 Å². The van der Waals surface area contributed by atoms with Gasteiger partial charge in [0.2, 0.25) is 5.91 Å². The van der Waals surface area contributed by atoms with Gasteiger partial charge in [-0.2, -0.15) is 4.99 Å². The van der Waals surface area contributed by atoms with Gasteiger partial charge in [-0.25, -0.2) is 8.42 Å². The van der Waals surface area contributed by atoms with Crippen LogP contribution in [0.15, 0.2) is 47.5 Å². The lowest BCUT2D eigenvalue weighted by Gasteiger charge is -2.03. The van der Waals surface area contributed by atoms with Gasteiger partial charge in [0.05, 0.1) is 21.7 Å². The van der Waals surface area contributed by atoms with Crippen molar-refractivity contribution < 1.29 is 13.2 Å². The molecular formula is C19H19ClN2O3S2. The summed E-state index contributed by atoms with van der Waals surface area (Å²) in [5, 5.41) is 0.654. The Labute approximate surface area is 166 Å². The molecule has 5 nitrogen and oxygen atoms in total. The van der Waals surface area contributed by atoms with E-state index in [-0.39, 0.29) is 17.9 Å². The zero-order chi connectivity index (χ0) is 19.6. The van der Waals surface area contributed by atoms with Crippen molar-refractivity contribution in [2.45, 2.75) is 19.1 Å². The van der Waals surface area contributed by atoms with E-state index in [1.54, 1.807) is 24.3 Å². The molecule has 1 amide bonds. The fraction of sp³-hybridized carbons (Fsp3) is 0.263. The minimum Gasteiger partial charge on any atom is -0.319 e. The van der Waals surface area contributed by atoms with Crippen LogP contribution < -0.4 is 4.80 Å². The van der Waals surface area contributed by atoms with E-state index in [0.29, 0.717) is 15.4 Å². The van der Waals surface area contributed by atoms with Crippen LogP contribution in [0.2, 0.25) is 5.02 Å². The highest BCUT2D eigenvalue weighted by Crippen LogP contribution is 2.26. The molecule has 0 bridgehead atoms. The number of carbonyl (C=O) groups is 1. The number of sulfone groups is 1. The number of amides is 1. The average Bonchev–Trinajstić information content (AvgIpc) is 2.93. The number of rotatable bonds is 5. The maximum atomic E-state index is 12.2. The second kappa shape index (κ2) is 7.96. The van der Waals surface area contributed by atoms with Gasteiger partial charge in [-0.15, -0.1) is 0 Å². The highest BCUT2D eigenvalue weighted by molar-refractivity contribution is 7.90. The van der Waals surface area contributed by atoms with E-state index in [4.69, 9.17) is 11.6 Å². The molecule has 0 spiro atoms. The number of aromatic nitrogens is 1. The number of carbonyl (C=O) groups excluding carboxylic acids is 1. The molecule has 2 aromatic carbocycles. The van der Waals surface area contributed by atoms with Gasteiger partial charge in [0, 0.05) is 18.5 Å². The van der Waals surface area contributed by atoms with Crippen LogP contribution in [0.25, 0.3) is 10.2 Å². The van der Waals surface area contributed by atoms with Crippen molar-refractivity contribution in [1.29, 1.82) is 0 Å². The summed E-state index contributed by atoms with van der Waals surface area (Å²) in [7, 11) is -1.55. The van der Waals surface area contributed by atoms with Crippen LogP contribution in [0.1, 0.15) is 17.5 Å². The summed E-state index contributed by atoms with van der Waals surface area (Å²) < 4.78 is 27.3. The average molecular weight is 423 g/mol. The lowest BCUT2D eigenvalue weighted by atomic mass is 10.2. The summed E-state index contributed by atoms with van der Waals surface area (Å²) in [5.41, 5.74) is 2.56. The molecule has 0 fully saturated rings. The van der Waals surface area contributed by atoms with Crippen LogP contribution in [0.5, 0.6) is 0 Å². The SMILES string of the molecule is Cc1c(Cl)ccc2sc(=NC(=O)CCS(=O)(=O)Cc3ccccc3)n(C)c12. The van der Waals surface area contributed by atoms with E-state index in [0.717, 1.165) is 15.8 Å². The zero-order valence-electron chi connectivity index (χ0n) is 15.0. The standard InChI is InChI=1S/C19H19ClN2O3S2/c1-13-15(20)8-9-16-18(13)22(2)19(26-16)21-17(23)10-11-27(24,25)12-14-6-4-3-5-7-14/h3-9H,10-12H2,1-2H3. The fourth-order valence-electron chi connectivity index (χ4n) is 2.82. The Morgan fingerprint density at radius 2 is 1.89 bits per heavy atom. The number of thiazole rings is 1. The number of fused-ring (bicyclic) bond motifs is 1. The van der Waals surface area contributed by atoms with Gasteiger partial charge in [-0.1, -0.05) is 53.3 Å². The third-order valence-corrected chi connectivity index (χ3v) is 7.33. The molecule has 3 rings (SSSR count). The lowest BCUT2D eigenvalue weighted by molar-refractivity contribution is -0.117. The van der Waals surface area contributed by atoms with E-state index in [2.05, 4.69) is 4.99 Å². The Morgan fingerprint density at radius 1 is 1.19 bits per heavy atom. The van der Waals surface area contributed by atoms with Crippen molar-refractivity contribution in [1.82, 2.24) is 4.57 Å². The molecule has 0 atom stereocenters. The highest BCUT2D eigenvalue weighted by Gasteiger charge is 2.15. The molecule has 0 aliphatic heterocycles. The molecule has 8 heteroatoms. The smallest absolute Gasteiger partial charge is 0.249 e. The summed E-state index contributed by atoms with van der Waals surface area (Å²) in [6, 6.07) is 12.6. The first-order valence-electron chi connectivity index (χ1n) is 8.33. The van der Waals surface area contributed by atoms with Crippen LogP contribution in [0.3, 0.4) is 0 Å². The fourth-order valence-corrected chi connectivity index (χ4v) is 5.39. The summed E-state index contributed by atoms with van der Waals surface area (Å²) in [4.78, 5) is 16.9. The molecule has 0 N–H and O–H groups in total. The second-order valence-electron chi connectivity index (χ2n) is 6.30. The lowest BCUT2D eigenvalue weighted by Crippen LogP contribution is -2.16.